The molecule has 0 N–H and O–H groups in total. The number of hydrogen-bond donors (Lipinski definition) is 0. The zero-order valence-corrected chi connectivity index (χ0v) is 15.9. The van der Waals surface area contributed by atoms with Crippen LogP contribution in [0.25, 0.3) is 0 Å². The summed E-state index contributed by atoms with van der Waals surface area (Å²) in [5, 5.41) is 0.841. The number of amides is 1. The van der Waals surface area contributed by atoms with Gasteiger partial charge >= 0.3 is 0 Å². The lowest BCUT2D eigenvalue weighted by molar-refractivity contribution is 0.0647. The predicted octanol–water partition coefficient (Wildman–Crippen LogP) is 3.12. The number of thiazole rings is 1. The number of likely N-dealkylation sites (N-methyl/N-ethyl adjacent to an activating group) is 1. The standard InChI is InChI=1S/C19H25N3O2S/c1-4-21-9-11-22(12-10-21)19(23)18-15(3)20-17(25-18)13-24-16-7-5-14(2)6-8-16/h5-8H,4,9-13H2,1-3H3. The highest BCUT2D eigenvalue weighted by Gasteiger charge is 2.24. The summed E-state index contributed by atoms with van der Waals surface area (Å²) in [6, 6.07) is 7.95. The Balaban J connectivity index is 1.61. The molecule has 5 nitrogen and oxygen atoms in total. The molecule has 1 aliphatic rings. The van der Waals surface area contributed by atoms with Crippen LogP contribution in [0.2, 0.25) is 0 Å². The number of rotatable bonds is 5. The fraction of sp³-hybridized carbons (Fsp3) is 0.474. The van der Waals surface area contributed by atoms with Crippen LogP contribution >= 0.6 is 11.3 Å². The van der Waals surface area contributed by atoms with E-state index in [0.717, 1.165) is 54.1 Å². The molecular formula is C19H25N3O2S. The van der Waals surface area contributed by atoms with Crippen LogP contribution in [0.1, 0.15) is 32.9 Å². The number of aryl methyl sites for hydroxylation is 2. The normalized spacial score (nSPS) is 15.4. The van der Waals surface area contributed by atoms with Crippen molar-refractivity contribution in [2.45, 2.75) is 27.4 Å². The average molecular weight is 359 g/mol. The molecule has 0 bridgehead atoms. The van der Waals surface area contributed by atoms with Gasteiger partial charge in [0.05, 0.1) is 5.69 Å². The van der Waals surface area contributed by atoms with Gasteiger partial charge in [-0.3, -0.25) is 4.79 Å². The maximum absolute atomic E-state index is 12.8. The number of nitrogens with zero attached hydrogens (tertiary/aromatic N) is 3. The summed E-state index contributed by atoms with van der Waals surface area (Å²) in [4.78, 5) is 22.4. The molecule has 1 aliphatic heterocycles. The average Bonchev–Trinajstić information content (AvgIpc) is 3.01. The summed E-state index contributed by atoms with van der Waals surface area (Å²) in [6.45, 7) is 11.0. The van der Waals surface area contributed by atoms with E-state index >= 15 is 0 Å². The Bertz CT molecular complexity index is 719. The van der Waals surface area contributed by atoms with Crippen LogP contribution in [-0.4, -0.2) is 53.4 Å². The Morgan fingerprint density at radius 1 is 1.16 bits per heavy atom. The van der Waals surface area contributed by atoms with E-state index in [0.29, 0.717) is 6.61 Å². The molecule has 0 atom stereocenters. The van der Waals surface area contributed by atoms with Crippen LogP contribution in [0.15, 0.2) is 24.3 Å². The van der Waals surface area contributed by atoms with Gasteiger partial charge in [0.2, 0.25) is 0 Å². The van der Waals surface area contributed by atoms with E-state index in [-0.39, 0.29) is 5.91 Å². The van der Waals surface area contributed by atoms with Crippen molar-refractivity contribution in [3.63, 3.8) is 0 Å². The van der Waals surface area contributed by atoms with E-state index in [2.05, 4.69) is 16.8 Å². The van der Waals surface area contributed by atoms with Gasteiger partial charge < -0.3 is 14.5 Å². The van der Waals surface area contributed by atoms with Crippen molar-refractivity contribution in [3.05, 3.63) is 45.4 Å². The van der Waals surface area contributed by atoms with Crippen LogP contribution < -0.4 is 4.74 Å². The first kappa shape index (κ1) is 17.9. The van der Waals surface area contributed by atoms with Crippen molar-refractivity contribution in [1.82, 2.24) is 14.8 Å². The summed E-state index contributed by atoms with van der Waals surface area (Å²) in [5.41, 5.74) is 2.00. The van der Waals surface area contributed by atoms with Gasteiger partial charge in [-0.2, -0.15) is 0 Å². The number of carbonyl (C=O) groups is 1. The minimum atomic E-state index is 0.104. The molecule has 2 heterocycles. The third-order valence-electron chi connectivity index (χ3n) is 4.53. The molecule has 0 aliphatic carbocycles. The second-order valence-electron chi connectivity index (χ2n) is 6.35. The summed E-state index contributed by atoms with van der Waals surface area (Å²) in [6.07, 6.45) is 0. The van der Waals surface area contributed by atoms with Crippen molar-refractivity contribution in [1.29, 1.82) is 0 Å². The molecule has 1 aromatic heterocycles. The lowest BCUT2D eigenvalue weighted by Crippen LogP contribution is -2.48. The molecule has 134 valence electrons. The second kappa shape index (κ2) is 7.97. The van der Waals surface area contributed by atoms with Gasteiger partial charge in [-0.15, -0.1) is 11.3 Å². The lowest BCUT2D eigenvalue weighted by Gasteiger charge is -2.33. The van der Waals surface area contributed by atoms with Crippen molar-refractivity contribution in [2.75, 3.05) is 32.7 Å². The number of carbonyl (C=O) groups excluding carboxylic acids is 1. The van der Waals surface area contributed by atoms with Gasteiger partial charge in [0.15, 0.2) is 0 Å². The molecular weight excluding hydrogens is 334 g/mol. The summed E-state index contributed by atoms with van der Waals surface area (Å²) in [5.74, 6) is 0.925. The fourth-order valence-corrected chi connectivity index (χ4v) is 3.85. The molecule has 0 spiro atoms. The molecule has 3 rings (SSSR count). The Morgan fingerprint density at radius 2 is 1.84 bits per heavy atom. The highest BCUT2D eigenvalue weighted by Crippen LogP contribution is 2.22. The largest absolute Gasteiger partial charge is 0.486 e. The SMILES string of the molecule is CCN1CCN(C(=O)c2sc(COc3ccc(C)cc3)nc2C)CC1. The van der Waals surface area contributed by atoms with Crippen molar-refractivity contribution >= 4 is 17.2 Å². The Morgan fingerprint density at radius 3 is 2.48 bits per heavy atom. The Hall–Kier alpha value is -1.92. The highest BCUT2D eigenvalue weighted by molar-refractivity contribution is 7.13. The van der Waals surface area contributed by atoms with Crippen molar-refractivity contribution in [2.24, 2.45) is 0 Å². The maximum Gasteiger partial charge on any atom is 0.265 e. The van der Waals surface area contributed by atoms with Gasteiger partial charge in [0.1, 0.15) is 22.2 Å². The van der Waals surface area contributed by atoms with Crippen LogP contribution in [0.4, 0.5) is 0 Å². The highest BCUT2D eigenvalue weighted by atomic mass is 32.1. The topological polar surface area (TPSA) is 45.7 Å². The third-order valence-corrected chi connectivity index (χ3v) is 5.64. The molecule has 1 aromatic carbocycles. The number of aromatic nitrogens is 1. The third kappa shape index (κ3) is 4.38. The van der Waals surface area contributed by atoms with E-state index < -0.39 is 0 Å². The zero-order chi connectivity index (χ0) is 17.8. The molecule has 2 aromatic rings. The first-order valence-corrected chi connectivity index (χ1v) is 9.56. The van der Waals surface area contributed by atoms with Gasteiger partial charge in [-0.25, -0.2) is 4.98 Å². The molecule has 25 heavy (non-hydrogen) atoms. The van der Waals surface area contributed by atoms with E-state index in [9.17, 15) is 4.79 Å². The van der Waals surface area contributed by atoms with Crippen molar-refractivity contribution < 1.29 is 9.53 Å². The Kier molecular flexibility index (Phi) is 5.71. The van der Waals surface area contributed by atoms with E-state index in [4.69, 9.17) is 4.74 Å². The van der Waals surface area contributed by atoms with Crippen LogP contribution in [0, 0.1) is 13.8 Å². The number of hydrogen-bond acceptors (Lipinski definition) is 5. The quantitative estimate of drug-likeness (QED) is 0.823. The first-order chi connectivity index (χ1) is 12.1. The summed E-state index contributed by atoms with van der Waals surface area (Å²) < 4.78 is 5.79. The number of piperazine rings is 1. The lowest BCUT2D eigenvalue weighted by atomic mass is 10.2. The van der Waals surface area contributed by atoms with E-state index in [1.807, 2.05) is 43.0 Å². The Labute approximate surface area is 153 Å². The van der Waals surface area contributed by atoms with Crippen LogP contribution in [-0.2, 0) is 6.61 Å². The molecule has 1 saturated heterocycles. The van der Waals surface area contributed by atoms with Crippen LogP contribution in [0.3, 0.4) is 0 Å². The molecule has 1 amide bonds. The minimum Gasteiger partial charge on any atom is -0.486 e. The molecule has 0 saturated carbocycles. The van der Waals surface area contributed by atoms with Crippen LogP contribution in [0.5, 0.6) is 5.75 Å². The van der Waals surface area contributed by atoms with E-state index in [1.165, 1.54) is 16.9 Å². The summed E-state index contributed by atoms with van der Waals surface area (Å²) >= 11 is 1.45. The molecule has 0 unspecified atom stereocenters. The van der Waals surface area contributed by atoms with Gasteiger partial charge in [-0.1, -0.05) is 24.6 Å². The van der Waals surface area contributed by atoms with Crippen molar-refractivity contribution in [3.8, 4) is 5.75 Å². The fourth-order valence-electron chi connectivity index (χ4n) is 2.90. The van der Waals surface area contributed by atoms with Gasteiger partial charge in [0, 0.05) is 26.2 Å². The van der Waals surface area contributed by atoms with Gasteiger partial charge in [0.25, 0.3) is 5.91 Å². The van der Waals surface area contributed by atoms with E-state index in [1.54, 1.807) is 0 Å². The number of ether oxygens (including phenoxy) is 1. The molecule has 1 fully saturated rings. The maximum atomic E-state index is 12.8. The smallest absolute Gasteiger partial charge is 0.265 e. The number of benzene rings is 1. The van der Waals surface area contributed by atoms with Gasteiger partial charge in [-0.05, 0) is 32.5 Å². The second-order valence-corrected chi connectivity index (χ2v) is 7.43. The molecule has 0 radical (unpaired) electrons. The zero-order valence-electron chi connectivity index (χ0n) is 15.1. The summed E-state index contributed by atoms with van der Waals surface area (Å²) in [7, 11) is 0. The minimum absolute atomic E-state index is 0.104. The monoisotopic (exact) mass is 359 g/mol. The first-order valence-electron chi connectivity index (χ1n) is 8.74. The predicted molar refractivity (Wildman–Crippen MR) is 100 cm³/mol. The molecule has 6 heteroatoms.